The van der Waals surface area contributed by atoms with E-state index in [0.717, 1.165) is 12.1 Å². The van der Waals surface area contributed by atoms with Crippen LogP contribution in [0.4, 0.5) is 5.69 Å². The van der Waals surface area contributed by atoms with Crippen LogP contribution in [-0.4, -0.2) is 38.1 Å². The van der Waals surface area contributed by atoms with E-state index in [4.69, 9.17) is 14.2 Å². The third-order valence-electron chi connectivity index (χ3n) is 4.80. The van der Waals surface area contributed by atoms with Crippen molar-refractivity contribution in [3.63, 3.8) is 0 Å². The van der Waals surface area contributed by atoms with Crippen molar-refractivity contribution in [2.45, 2.75) is 13.5 Å². The number of likely N-dealkylation sites (N-methyl/N-ethyl adjacent to an activating group) is 1. The molecule has 0 fully saturated rings. The van der Waals surface area contributed by atoms with Gasteiger partial charge in [-0.05, 0) is 48.5 Å². The molecule has 0 radical (unpaired) electrons. The van der Waals surface area contributed by atoms with Gasteiger partial charge in [0.15, 0.2) is 17.2 Å². The number of nitrogens with zero attached hydrogens (tertiary/aromatic N) is 1. The zero-order valence-electron chi connectivity index (χ0n) is 18.1. The fourth-order valence-electron chi connectivity index (χ4n) is 3.18. The van der Waals surface area contributed by atoms with E-state index in [0.29, 0.717) is 35.2 Å². The number of nitrogens with one attached hydrogen (secondary N) is 1. The molecular weight excluding hydrogens is 392 g/mol. The summed E-state index contributed by atoms with van der Waals surface area (Å²) in [6.45, 7) is 3.63. The van der Waals surface area contributed by atoms with E-state index in [9.17, 15) is 4.79 Å². The van der Waals surface area contributed by atoms with E-state index in [1.54, 1.807) is 14.2 Å². The predicted molar refractivity (Wildman–Crippen MR) is 122 cm³/mol. The lowest BCUT2D eigenvalue weighted by molar-refractivity contribution is -0.117. The Balaban J connectivity index is 1.64. The summed E-state index contributed by atoms with van der Waals surface area (Å²) in [4.78, 5) is 14.8. The lowest BCUT2D eigenvalue weighted by Crippen LogP contribution is -2.32. The molecule has 0 heterocycles. The number of ether oxygens (including phenoxy) is 3. The zero-order valence-corrected chi connectivity index (χ0v) is 18.1. The smallest absolute Gasteiger partial charge is 0.238 e. The van der Waals surface area contributed by atoms with E-state index >= 15 is 0 Å². The molecule has 3 rings (SSSR count). The lowest BCUT2D eigenvalue weighted by atomic mass is 10.2. The molecule has 6 heteroatoms. The third-order valence-corrected chi connectivity index (χ3v) is 4.80. The van der Waals surface area contributed by atoms with Gasteiger partial charge in [0.1, 0.15) is 5.75 Å². The monoisotopic (exact) mass is 420 g/mol. The molecular formula is C25H28N2O4. The van der Waals surface area contributed by atoms with Crippen LogP contribution in [-0.2, 0) is 11.3 Å². The molecule has 0 unspecified atom stereocenters. The van der Waals surface area contributed by atoms with Crippen LogP contribution < -0.4 is 19.5 Å². The summed E-state index contributed by atoms with van der Waals surface area (Å²) in [7, 11) is 3.22. The summed E-state index contributed by atoms with van der Waals surface area (Å²) >= 11 is 0. The highest BCUT2D eigenvalue weighted by Crippen LogP contribution is 2.30. The lowest BCUT2D eigenvalue weighted by Gasteiger charge is -2.21. The number of benzene rings is 3. The molecule has 3 aromatic carbocycles. The number of rotatable bonds is 10. The number of hydrogen-bond donors (Lipinski definition) is 1. The molecule has 0 saturated heterocycles. The maximum atomic E-state index is 12.7. The molecule has 0 aliphatic rings. The van der Waals surface area contributed by atoms with Gasteiger partial charge in [-0.1, -0.05) is 43.3 Å². The third kappa shape index (κ3) is 6.23. The number of carbonyl (C=O) groups excluding carboxylic acids is 1. The van der Waals surface area contributed by atoms with E-state index in [1.165, 1.54) is 0 Å². The number of methoxy groups -OCH3 is 2. The maximum Gasteiger partial charge on any atom is 0.238 e. The Morgan fingerprint density at radius 3 is 2.29 bits per heavy atom. The number of anilines is 1. The fraction of sp³-hybridized carbons (Fsp3) is 0.240. The van der Waals surface area contributed by atoms with Crippen LogP contribution in [0.15, 0.2) is 72.8 Å². The molecule has 3 aromatic rings. The number of hydrogen-bond acceptors (Lipinski definition) is 5. The summed E-state index contributed by atoms with van der Waals surface area (Å²) in [6.07, 6.45) is 0. The number of carbonyl (C=O) groups is 1. The zero-order chi connectivity index (χ0) is 22.1. The number of para-hydroxylation sites is 3. The Bertz CT molecular complexity index is 992. The highest BCUT2D eigenvalue weighted by atomic mass is 16.5. The largest absolute Gasteiger partial charge is 0.493 e. The maximum absolute atomic E-state index is 12.7. The summed E-state index contributed by atoms with van der Waals surface area (Å²) in [5.41, 5.74) is 1.68. The van der Waals surface area contributed by atoms with Gasteiger partial charge in [0, 0.05) is 6.54 Å². The van der Waals surface area contributed by atoms with Crippen LogP contribution in [0.5, 0.6) is 23.0 Å². The van der Waals surface area contributed by atoms with Gasteiger partial charge in [-0.3, -0.25) is 9.69 Å². The van der Waals surface area contributed by atoms with Crippen LogP contribution in [0.3, 0.4) is 0 Å². The molecule has 0 saturated carbocycles. The Morgan fingerprint density at radius 1 is 0.871 bits per heavy atom. The molecule has 0 aromatic heterocycles. The molecule has 0 atom stereocenters. The van der Waals surface area contributed by atoms with E-state index in [2.05, 4.69) is 10.2 Å². The molecule has 162 valence electrons. The Morgan fingerprint density at radius 2 is 1.58 bits per heavy atom. The van der Waals surface area contributed by atoms with Gasteiger partial charge < -0.3 is 19.5 Å². The standard InChI is InChI=1S/C25H28N2O4/c1-4-27(17-19-14-15-23(29-2)24(16-19)30-3)18-25(28)26-21-12-8-9-13-22(21)31-20-10-6-5-7-11-20/h5-16H,4,17-18H2,1-3H3,(H,26,28). The highest BCUT2D eigenvalue weighted by Gasteiger charge is 2.14. The summed E-state index contributed by atoms with van der Waals surface area (Å²) in [6, 6.07) is 22.7. The summed E-state index contributed by atoms with van der Waals surface area (Å²) in [5.74, 6) is 2.57. The first-order valence-electron chi connectivity index (χ1n) is 10.2. The van der Waals surface area contributed by atoms with Gasteiger partial charge in [0.25, 0.3) is 0 Å². The van der Waals surface area contributed by atoms with Crippen LogP contribution in [0, 0.1) is 0 Å². The van der Waals surface area contributed by atoms with Crippen molar-refractivity contribution in [3.8, 4) is 23.0 Å². The first-order valence-corrected chi connectivity index (χ1v) is 10.2. The molecule has 0 spiro atoms. The second-order valence-corrected chi connectivity index (χ2v) is 6.95. The minimum absolute atomic E-state index is 0.105. The topological polar surface area (TPSA) is 60.0 Å². The van der Waals surface area contributed by atoms with Crippen molar-refractivity contribution in [2.75, 3.05) is 32.6 Å². The Labute approximate surface area is 183 Å². The average molecular weight is 421 g/mol. The van der Waals surface area contributed by atoms with Gasteiger partial charge in [-0.25, -0.2) is 0 Å². The van der Waals surface area contributed by atoms with Gasteiger partial charge in [0.2, 0.25) is 5.91 Å². The van der Waals surface area contributed by atoms with Gasteiger partial charge in [0.05, 0.1) is 26.5 Å². The highest BCUT2D eigenvalue weighted by molar-refractivity contribution is 5.93. The SMILES string of the molecule is CCN(CC(=O)Nc1ccccc1Oc1ccccc1)Cc1ccc(OC)c(OC)c1. The normalized spacial score (nSPS) is 10.6. The molecule has 31 heavy (non-hydrogen) atoms. The molecule has 6 nitrogen and oxygen atoms in total. The van der Waals surface area contributed by atoms with E-state index in [1.807, 2.05) is 79.7 Å². The van der Waals surface area contributed by atoms with Crippen molar-refractivity contribution in [2.24, 2.45) is 0 Å². The van der Waals surface area contributed by atoms with Crippen LogP contribution in [0.1, 0.15) is 12.5 Å². The van der Waals surface area contributed by atoms with Gasteiger partial charge >= 0.3 is 0 Å². The second kappa shape index (κ2) is 11.0. The van der Waals surface area contributed by atoms with Crippen LogP contribution in [0.25, 0.3) is 0 Å². The minimum atomic E-state index is -0.105. The van der Waals surface area contributed by atoms with Crippen LogP contribution >= 0.6 is 0 Å². The average Bonchev–Trinajstić information content (AvgIpc) is 2.80. The van der Waals surface area contributed by atoms with Crippen molar-refractivity contribution < 1.29 is 19.0 Å². The van der Waals surface area contributed by atoms with Crippen molar-refractivity contribution in [1.29, 1.82) is 0 Å². The van der Waals surface area contributed by atoms with E-state index in [-0.39, 0.29) is 12.5 Å². The molecule has 1 amide bonds. The number of amides is 1. The second-order valence-electron chi connectivity index (χ2n) is 6.95. The quantitative estimate of drug-likeness (QED) is 0.503. The molecule has 0 aliphatic heterocycles. The summed E-state index contributed by atoms with van der Waals surface area (Å²) < 4.78 is 16.6. The molecule has 0 aliphatic carbocycles. The first-order chi connectivity index (χ1) is 15.1. The van der Waals surface area contributed by atoms with Crippen molar-refractivity contribution in [3.05, 3.63) is 78.4 Å². The molecule has 1 N–H and O–H groups in total. The fourth-order valence-corrected chi connectivity index (χ4v) is 3.18. The van der Waals surface area contributed by atoms with Gasteiger partial charge in [-0.15, -0.1) is 0 Å². The molecule has 0 bridgehead atoms. The van der Waals surface area contributed by atoms with Crippen LogP contribution in [0.2, 0.25) is 0 Å². The predicted octanol–water partition coefficient (Wildman–Crippen LogP) is 4.96. The van der Waals surface area contributed by atoms with E-state index < -0.39 is 0 Å². The Kier molecular flexibility index (Phi) is 7.90. The van der Waals surface area contributed by atoms with Crippen molar-refractivity contribution in [1.82, 2.24) is 4.90 Å². The first kappa shape index (κ1) is 22.2. The van der Waals surface area contributed by atoms with Gasteiger partial charge in [-0.2, -0.15) is 0 Å². The Hall–Kier alpha value is -3.51. The summed E-state index contributed by atoms with van der Waals surface area (Å²) in [5, 5.41) is 2.97. The minimum Gasteiger partial charge on any atom is -0.493 e. The van der Waals surface area contributed by atoms with Crippen molar-refractivity contribution >= 4 is 11.6 Å².